The molecule has 2 N–H and O–H groups in total. The van der Waals surface area contributed by atoms with Crippen molar-refractivity contribution < 1.29 is 10.2 Å². The van der Waals surface area contributed by atoms with Gasteiger partial charge in [0.15, 0.2) is 11.2 Å². The van der Waals surface area contributed by atoms with E-state index in [1.165, 1.54) is 13.8 Å². The zero-order chi connectivity index (χ0) is 10.7. The van der Waals surface area contributed by atoms with Crippen LogP contribution in [0.25, 0.3) is 0 Å². The van der Waals surface area contributed by atoms with E-state index in [2.05, 4.69) is 23.7 Å². The van der Waals surface area contributed by atoms with Crippen LogP contribution in [0.5, 0.6) is 0 Å². The molecule has 0 aromatic carbocycles. The van der Waals surface area contributed by atoms with E-state index in [0.717, 1.165) is 25.7 Å². The van der Waals surface area contributed by atoms with Gasteiger partial charge in [0.2, 0.25) is 0 Å². The molecule has 76 valence electrons. The fourth-order valence-corrected chi connectivity index (χ4v) is 1.14. The lowest BCUT2D eigenvalue weighted by Crippen LogP contribution is -2.48. The highest BCUT2D eigenvalue weighted by Crippen LogP contribution is 2.21. The number of hydrogen-bond donors (Lipinski definition) is 2. The predicted octanol–water partition coefficient (Wildman–Crippen LogP) is 1.07. The van der Waals surface area contributed by atoms with E-state index in [4.69, 9.17) is 0 Å². The van der Waals surface area contributed by atoms with Gasteiger partial charge in [-0.2, -0.15) is 0 Å². The van der Waals surface area contributed by atoms with Crippen molar-refractivity contribution in [3.05, 3.63) is 0 Å². The summed E-state index contributed by atoms with van der Waals surface area (Å²) in [6.07, 6.45) is 3.52. The summed E-state index contributed by atoms with van der Waals surface area (Å²) in [4.78, 5) is 0. The summed E-state index contributed by atoms with van der Waals surface area (Å²) in [6, 6.07) is 0. The fraction of sp³-hybridized carbons (Fsp3) is 0.667. The summed E-state index contributed by atoms with van der Waals surface area (Å²) in [7, 11) is 0. The lowest BCUT2D eigenvalue weighted by Gasteiger charge is -2.29. The van der Waals surface area contributed by atoms with Crippen molar-refractivity contribution >= 4 is 0 Å². The lowest BCUT2D eigenvalue weighted by molar-refractivity contribution is -0.0553. The van der Waals surface area contributed by atoms with Crippen LogP contribution in [0.15, 0.2) is 0 Å². The SMILES string of the molecule is CC1(O)C#CCCCCC#CC1(C)O. The Morgan fingerprint density at radius 2 is 1.21 bits per heavy atom. The van der Waals surface area contributed by atoms with Crippen LogP contribution >= 0.6 is 0 Å². The highest BCUT2D eigenvalue weighted by Gasteiger charge is 2.39. The van der Waals surface area contributed by atoms with Gasteiger partial charge in [0.25, 0.3) is 0 Å². The smallest absolute Gasteiger partial charge is 0.162 e. The summed E-state index contributed by atoms with van der Waals surface area (Å²) >= 11 is 0. The van der Waals surface area contributed by atoms with Gasteiger partial charge in [-0.15, -0.1) is 11.8 Å². The molecule has 2 unspecified atom stereocenters. The summed E-state index contributed by atoms with van der Waals surface area (Å²) in [5.74, 6) is 11.1. The Morgan fingerprint density at radius 1 is 0.857 bits per heavy atom. The molecule has 0 spiro atoms. The standard InChI is InChI=1S/C12H16O2/c1-11(13)9-7-5-3-4-6-8-10-12(11,2)14/h13-14H,3-6H2,1-2H3. The first-order valence-electron chi connectivity index (χ1n) is 4.90. The quantitative estimate of drug-likeness (QED) is 0.564. The van der Waals surface area contributed by atoms with Crippen LogP contribution in [0.1, 0.15) is 39.5 Å². The van der Waals surface area contributed by atoms with Crippen molar-refractivity contribution in [1.29, 1.82) is 0 Å². The van der Waals surface area contributed by atoms with Gasteiger partial charge >= 0.3 is 0 Å². The Balaban J connectivity index is 2.97. The zero-order valence-corrected chi connectivity index (χ0v) is 8.72. The van der Waals surface area contributed by atoms with E-state index in [1.54, 1.807) is 0 Å². The second kappa shape index (κ2) is 4.05. The first-order chi connectivity index (χ1) is 6.46. The molecular weight excluding hydrogens is 176 g/mol. The molecule has 0 heterocycles. The van der Waals surface area contributed by atoms with Gasteiger partial charge in [-0.1, -0.05) is 11.8 Å². The molecule has 0 fully saturated rings. The van der Waals surface area contributed by atoms with Gasteiger partial charge in [0.1, 0.15) is 0 Å². The minimum Gasteiger partial charge on any atom is -0.374 e. The third-order valence-corrected chi connectivity index (χ3v) is 2.47. The maximum atomic E-state index is 9.90. The van der Waals surface area contributed by atoms with Crippen LogP contribution in [-0.2, 0) is 0 Å². The van der Waals surface area contributed by atoms with Crippen LogP contribution in [0.2, 0.25) is 0 Å². The summed E-state index contributed by atoms with van der Waals surface area (Å²) in [6.45, 7) is 2.99. The molecule has 0 saturated heterocycles. The molecule has 2 heteroatoms. The molecule has 14 heavy (non-hydrogen) atoms. The van der Waals surface area contributed by atoms with Crippen LogP contribution in [0, 0.1) is 23.7 Å². The van der Waals surface area contributed by atoms with Crippen LogP contribution in [-0.4, -0.2) is 21.4 Å². The molecule has 0 amide bonds. The minimum absolute atomic E-state index is 0.758. The van der Waals surface area contributed by atoms with E-state index in [9.17, 15) is 10.2 Å². The number of aliphatic hydroxyl groups is 2. The molecule has 0 aromatic rings. The van der Waals surface area contributed by atoms with Crippen LogP contribution in [0.3, 0.4) is 0 Å². The molecular formula is C12H16O2. The minimum atomic E-state index is -1.45. The topological polar surface area (TPSA) is 40.5 Å². The van der Waals surface area contributed by atoms with Gasteiger partial charge in [0, 0.05) is 12.8 Å². The monoisotopic (exact) mass is 192 g/mol. The Morgan fingerprint density at radius 3 is 1.57 bits per heavy atom. The average Bonchev–Trinajstić information content (AvgIpc) is 2.08. The van der Waals surface area contributed by atoms with E-state index in [1.807, 2.05) is 0 Å². The zero-order valence-electron chi connectivity index (χ0n) is 8.72. The predicted molar refractivity (Wildman–Crippen MR) is 55.3 cm³/mol. The molecule has 2 atom stereocenters. The van der Waals surface area contributed by atoms with Crippen molar-refractivity contribution in [3.63, 3.8) is 0 Å². The van der Waals surface area contributed by atoms with Gasteiger partial charge < -0.3 is 10.2 Å². The van der Waals surface area contributed by atoms with Crippen molar-refractivity contribution in [2.24, 2.45) is 0 Å². The van der Waals surface area contributed by atoms with E-state index >= 15 is 0 Å². The van der Waals surface area contributed by atoms with Crippen LogP contribution < -0.4 is 0 Å². The maximum Gasteiger partial charge on any atom is 0.162 e. The Bertz CT molecular complexity index is 284. The molecule has 0 aromatic heterocycles. The summed E-state index contributed by atoms with van der Waals surface area (Å²) in [5, 5.41) is 19.8. The first kappa shape index (κ1) is 11.1. The van der Waals surface area contributed by atoms with Crippen molar-refractivity contribution in [3.8, 4) is 23.7 Å². The number of rotatable bonds is 0. The Kier molecular flexibility index (Phi) is 3.21. The largest absolute Gasteiger partial charge is 0.374 e. The van der Waals surface area contributed by atoms with E-state index in [0.29, 0.717) is 0 Å². The first-order valence-corrected chi connectivity index (χ1v) is 4.90. The van der Waals surface area contributed by atoms with E-state index in [-0.39, 0.29) is 0 Å². The molecule has 0 bridgehead atoms. The average molecular weight is 192 g/mol. The molecule has 0 radical (unpaired) electrons. The lowest BCUT2D eigenvalue weighted by atomic mass is 9.86. The maximum absolute atomic E-state index is 9.90. The second-order valence-corrected chi connectivity index (χ2v) is 3.96. The Labute approximate surface area is 85.3 Å². The second-order valence-electron chi connectivity index (χ2n) is 3.96. The van der Waals surface area contributed by atoms with Gasteiger partial charge in [-0.25, -0.2) is 0 Å². The third kappa shape index (κ3) is 2.51. The van der Waals surface area contributed by atoms with Gasteiger partial charge in [-0.3, -0.25) is 0 Å². The van der Waals surface area contributed by atoms with Crippen molar-refractivity contribution in [2.45, 2.75) is 50.7 Å². The summed E-state index contributed by atoms with van der Waals surface area (Å²) < 4.78 is 0. The normalized spacial score (nSPS) is 37.4. The molecule has 1 aliphatic carbocycles. The number of hydrogen-bond acceptors (Lipinski definition) is 2. The van der Waals surface area contributed by atoms with Crippen LogP contribution in [0.4, 0.5) is 0 Å². The molecule has 1 rings (SSSR count). The molecule has 0 aliphatic heterocycles. The summed E-state index contributed by atoms with van der Waals surface area (Å²) in [5.41, 5.74) is -2.89. The Hall–Kier alpha value is -0.960. The van der Waals surface area contributed by atoms with Crippen molar-refractivity contribution in [2.75, 3.05) is 0 Å². The van der Waals surface area contributed by atoms with E-state index < -0.39 is 11.2 Å². The molecule has 2 nitrogen and oxygen atoms in total. The third-order valence-electron chi connectivity index (χ3n) is 2.47. The fourth-order valence-electron chi connectivity index (χ4n) is 1.14. The van der Waals surface area contributed by atoms with Gasteiger partial charge in [0.05, 0.1) is 0 Å². The molecule has 1 aliphatic rings. The van der Waals surface area contributed by atoms with Gasteiger partial charge in [-0.05, 0) is 26.7 Å². The molecule has 0 saturated carbocycles. The highest BCUT2D eigenvalue weighted by molar-refractivity contribution is 5.29. The van der Waals surface area contributed by atoms with Crippen molar-refractivity contribution in [1.82, 2.24) is 0 Å². The highest BCUT2D eigenvalue weighted by atomic mass is 16.3.